The minimum Gasteiger partial charge on any atom is -0.497 e. The van der Waals surface area contributed by atoms with E-state index in [0.717, 1.165) is 5.75 Å². The molecule has 1 aromatic heterocycles. The van der Waals surface area contributed by atoms with E-state index < -0.39 is 0 Å². The van der Waals surface area contributed by atoms with Crippen molar-refractivity contribution >= 4 is 17.3 Å². The summed E-state index contributed by atoms with van der Waals surface area (Å²) in [6, 6.07) is 7.00. The number of nitrogens with one attached hydrogen (secondary N) is 2. The molecular weight excluding hydrogens is 232 g/mol. The van der Waals surface area contributed by atoms with Crippen molar-refractivity contribution in [3.8, 4) is 5.75 Å². The number of nitrogens with two attached hydrogens (primary N) is 1. The van der Waals surface area contributed by atoms with Crippen LogP contribution in [0.4, 0.5) is 11.4 Å². The first-order chi connectivity index (χ1) is 8.61. The summed E-state index contributed by atoms with van der Waals surface area (Å²) in [7, 11) is 1.58. The largest absolute Gasteiger partial charge is 0.497 e. The Bertz CT molecular complexity index is 560. The van der Waals surface area contributed by atoms with Crippen LogP contribution in [0.1, 0.15) is 16.2 Å². The molecule has 0 aliphatic carbocycles. The zero-order chi connectivity index (χ0) is 13.1. The van der Waals surface area contributed by atoms with E-state index in [1.165, 1.54) is 0 Å². The summed E-state index contributed by atoms with van der Waals surface area (Å²) >= 11 is 0. The van der Waals surface area contributed by atoms with Gasteiger partial charge < -0.3 is 15.8 Å². The smallest absolute Gasteiger partial charge is 0.278 e. The Balaban J connectivity index is 2.13. The number of rotatable bonds is 3. The van der Waals surface area contributed by atoms with E-state index in [-0.39, 0.29) is 11.6 Å². The van der Waals surface area contributed by atoms with Crippen molar-refractivity contribution in [2.45, 2.75) is 6.92 Å². The number of H-pyrrole nitrogens is 1. The van der Waals surface area contributed by atoms with Crippen molar-refractivity contribution in [2.75, 3.05) is 18.2 Å². The maximum Gasteiger partial charge on any atom is 0.278 e. The molecule has 0 saturated carbocycles. The van der Waals surface area contributed by atoms with Gasteiger partial charge in [-0.25, -0.2) is 0 Å². The van der Waals surface area contributed by atoms with Gasteiger partial charge in [0.05, 0.1) is 18.5 Å². The van der Waals surface area contributed by atoms with Gasteiger partial charge in [0, 0.05) is 5.69 Å². The first kappa shape index (κ1) is 12.0. The van der Waals surface area contributed by atoms with Gasteiger partial charge in [-0.2, -0.15) is 5.10 Å². The van der Waals surface area contributed by atoms with Crippen LogP contribution < -0.4 is 15.8 Å². The van der Waals surface area contributed by atoms with E-state index in [1.54, 1.807) is 38.3 Å². The van der Waals surface area contributed by atoms with Gasteiger partial charge in [0.15, 0.2) is 5.69 Å². The number of anilines is 2. The number of carbonyl (C=O) groups is 1. The van der Waals surface area contributed by atoms with Crippen LogP contribution in [0, 0.1) is 6.92 Å². The first-order valence-electron chi connectivity index (χ1n) is 5.37. The summed E-state index contributed by atoms with van der Waals surface area (Å²) in [6.07, 6.45) is 0. The third-order valence-corrected chi connectivity index (χ3v) is 2.56. The van der Waals surface area contributed by atoms with Gasteiger partial charge in [0.25, 0.3) is 5.91 Å². The van der Waals surface area contributed by atoms with Gasteiger partial charge in [-0.15, -0.1) is 0 Å². The summed E-state index contributed by atoms with van der Waals surface area (Å²) in [6.45, 7) is 1.76. The molecule has 0 radical (unpaired) electrons. The predicted octanol–water partition coefficient (Wildman–Crippen LogP) is 1.56. The van der Waals surface area contributed by atoms with Crippen molar-refractivity contribution in [3.63, 3.8) is 0 Å². The summed E-state index contributed by atoms with van der Waals surface area (Å²) in [4.78, 5) is 11.9. The Morgan fingerprint density at radius 1 is 1.39 bits per heavy atom. The third-order valence-electron chi connectivity index (χ3n) is 2.56. The molecule has 0 aliphatic heterocycles. The molecule has 0 bridgehead atoms. The normalized spacial score (nSPS) is 10.1. The molecule has 0 aliphatic rings. The zero-order valence-corrected chi connectivity index (χ0v) is 10.2. The SMILES string of the molecule is COc1ccc(NC(=O)c2n[nH]c(C)c2N)cc1. The highest BCUT2D eigenvalue weighted by Crippen LogP contribution is 2.17. The Morgan fingerprint density at radius 2 is 2.06 bits per heavy atom. The van der Waals surface area contributed by atoms with E-state index in [2.05, 4.69) is 15.5 Å². The van der Waals surface area contributed by atoms with Crippen LogP contribution in [0.15, 0.2) is 24.3 Å². The van der Waals surface area contributed by atoms with E-state index >= 15 is 0 Å². The molecule has 0 atom stereocenters. The molecule has 4 N–H and O–H groups in total. The lowest BCUT2D eigenvalue weighted by Gasteiger charge is -2.05. The number of amides is 1. The second-order valence-electron chi connectivity index (χ2n) is 3.79. The lowest BCUT2D eigenvalue weighted by molar-refractivity contribution is 0.102. The molecule has 0 fully saturated rings. The molecule has 6 heteroatoms. The zero-order valence-electron chi connectivity index (χ0n) is 10.2. The highest BCUT2D eigenvalue weighted by Gasteiger charge is 2.15. The number of hydrogen-bond donors (Lipinski definition) is 3. The standard InChI is InChI=1S/C12H14N4O2/c1-7-10(13)11(16-15-7)12(17)14-8-3-5-9(18-2)6-4-8/h3-6H,13H2,1-2H3,(H,14,17)(H,15,16). The van der Waals surface area contributed by atoms with Crippen molar-refractivity contribution in [2.24, 2.45) is 0 Å². The maximum atomic E-state index is 11.9. The predicted molar refractivity (Wildman–Crippen MR) is 68.7 cm³/mol. The molecule has 6 nitrogen and oxygen atoms in total. The summed E-state index contributed by atoms with van der Waals surface area (Å²) in [5.41, 5.74) is 7.62. The number of benzene rings is 1. The number of hydrogen-bond acceptors (Lipinski definition) is 4. The molecule has 0 spiro atoms. The topological polar surface area (TPSA) is 93.0 Å². The minimum absolute atomic E-state index is 0.198. The Morgan fingerprint density at radius 3 is 2.56 bits per heavy atom. The second kappa shape index (κ2) is 4.79. The molecule has 2 rings (SSSR count). The number of aromatic amines is 1. The quantitative estimate of drug-likeness (QED) is 0.766. The maximum absolute atomic E-state index is 11.9. The number of nitrogens with zero attached hydrogens (tertiary/aromatic N) is 1. The molecule has 0 unspecified atom stereocenters. The number of carbonyl (C=O) groups excluding carboxylic acids is 1. The summed E-state index contributed by atoms with van der Waals surface area (Å²) < 4.78 is 5.03. The van der Waals surface area contributed by atoms with Crippen LogP contribution in [-0.2, 0) is 0 Å². The minimum atomic E-state index is -0.345. The fourth-order valence-corrected chi connectivity index (χ4v) is 1.48. The first-order valence-corrected chi connectivity index (χ1v) is 5.37. The second-order valence-corrected chi connectivity index (χ2v) is 3.79. The monoisotopic (exact) mass is 246 g/mol. The summed E-state index contributed by atoms with van der Waals surface area (Å²) in [5.74, 6) is 0.380. The molecule has 0 saturated heterocycles. The lowest BCUT2D eigenvalue weighted by Crippen LogP contribution is -2.14. The van der Waals surface area contributed by atoms with Gasteiger partial charge in [0.1, 0.15) is 5.75 Å². The van der Waals surface area contributed by atoms with Crippen LogP contribution in [0.2, 0.25) is 0 Å². The number of ether oxygens (including phenoxy) is 1. The lowest BCUT2D eigenvalue weighted by atomic mass is 10.2. The van der Waals surface area contributed by atoms with Crippen molar-refractivity contribution in [1.29, 1.82) is 0 Å². The van der Waals surface area contributed by atoms with Crippen LogP contribution in [0.5, 0.6) is 5.75 Å². The third kappa shape index (κ3) is 2.27. The molecule has 94 valence electrons. The van der Waals surface area contributed by atoms with Gasteiger partial charge in [-0.3, -0.25) is 9.89 Å². The van der Waals surface area contributed by atoms with E-state index in [9.17, 15) is 4.79 Å². The Hall–Kier alpha value is -2.50. The van der Waals surface area contributed by atoms with E-state index in [1.807, 2.05) is 0 Å². The molecular formula is C12H14N4O2. The van der Waals surface area contributed by atoms with Crippen LogP contribution in [-0.4, -0.2) is 23.2 Å². The average molecular weight is 246 g/mol. The fraction of sp³-hybridized carbons (Fsp3) is 0.167. The number of methoxy groups -OCH3 is 1. The molecule has 18 heavy (non-hydrogen) atoms. The van der Waals surface area contributed by atoms with Crippen molar-refractivity contribution < 1.29 is 9.53 Å². The summed E-state index contributed by atoms with van der Waals surface area (Å²) in [5, 5.41) is 9.23. The highest BCUT2D eigenvalue weighted by atomic mass is 16.5. The number of nitrogen functional groups attached to an aromatic ring is 1. The van der Waals surface area contributed by atoms with Gasteiger partial charge in [-0.05, 0) is 31.2 Å². The van der Waals surface area contributed by atoms with E-state index in [4.69, 9.17) is 10.5 Å². The fourth-order valence-electron chi connectivity index (χ4n) is 1.48. The van der Waals surface area contributed by atoms with Crippen LogP contribution in [0.3, 0.4) is 0 Å². The molecule has 1 amide bonds. The van der Waals surface area contributed by atoms with Crippen LogP contribution in [0.25, 0.3) is 0 Å². The Kier molecular flexibility index (Phi) is 3.18. The molecule has 1 heterocycles. The molecule has 2 aromatic rings. The highest BCUT2D eigenvalue weighted by molar-refractivity contribution is 6.06. The van der Waals surface area contributed by atoms with Gasteiger partial charge in [0.2, 0.25) is 0 Å². The Labute approximate surface area is 104 Å². The van der Waals surface area contributed by atoms with Gasteiger partial charge >= 0.3 is 0 Å². The average Bonchev–Trinajstić information content (AvgIpc) is 2.71. The van der Waals surface area contributed by atoms with Crippen LogP contribution >= 0.6 is 0 Å². The van der Waals surface area contributed by atoms with Crippen molar-refractivity contribution in [3.05, 3.63) is 35.7 Å². The number of aryl methyl sites for hydroxylation is 1. The molecule has 1 aromatic carbocycles. The van der Waals surface area contributed by atoms with E-state index in [0.29, 0.717) is 17.1 Å². The van der Waals surface area contributed by atoms with Crippen molar-refractivity contribution in [1.82, 2.24) is 10.2 Å². The van der Waals surface area contributed by atoms with Gasteiger partial charge in [-0.1, -0.05) is 0 Å². The number of aromatic nitrogens is 2.